The average molecular weight is 358 g/mol. The maximum absolute atomic E-state index is 13.6. The quantitative estimate of drug-likeness (QED) is 0.836. The number of halogens is 3. The third kappa shape index (κ3) is 2.60. The van der Waals surface area contributed by atoms with Crippen LogP contribution in [0.15, 0.2) is 21.1 Å². The van der Waals surface area contributed by atoms with Gasteiger partial charge in [0.05, 0.1) is 9.89 Å². The second kappa shape index (κ2) is 5.46. The molecule has 1 aromatic carbocycles. The Balaban J connectivity index is 1.97. The van der Waals surface area contributed by atoms with Crippen molar-refractivity contribution >= 4 is 15.9 Å². The number of hydrogen-bond acceptors (Lipinski definition) is 4. The summed E-state index contributed by atoms with van der Waals surface area (Å²) in [6, 6.07) is 2.48. The Labute approximate surface area is 129 Å². The lowest BCUT2D eigenvalue weighted by atomic mass is 9.83. The second-order valence-corrected chi connectivity index (χ2v) is 6.28. The predicted octanol–water partition coefficient (Wildman–Crippen LogP) is 3.42. The molecule has 0 amide bonds. The van der Waals surface area contributed by atoms with Crippen molar-refractivity contribution in [3.05, 3.63) is 34.1 Å². The summed E-state index contributed by atoms with van der Waals surface area (Å²) in [5, 5.41) is 7.21. The highest BCUT2D eigenvalue weighted by molar-refractivity contribution is 9.10. The summed E-state index contributed by atoms with van der Waals surface area (Å²) in [5.41, 5.74) is 0.144. The maximum Gasteiger partial charge on any atom is 0.234 e. The molecule has 21 heavy (non-hydrogen) atoms. The number of nitrogens with zero attached hydrogens (tertiary/aromatic N) is 2. The van der Waals surface area contributed by atoms with Crippen LogP contribution < -0.4 is 5.32 Å². The number of rotatable bonds is 2. The first-order valence-electron chi connectivity index (χ1n) is 6.70. The van der Waals surface area contributed by atoms with Gasteiger partial charge in [-0.05, 0) is 54.4 Å². The van der Waals surface area contributed by atoms with Gasteiger partial charge in [-0.3, -0.25) is 0 Å². The molecule has 1 N–H and O–H groups in total. The molecule has 3 rings (SSSR count). The summed E-state index contributed by atoms with van der Waals surface area (Å²) in [6.45, 7) is 3.79. The Bertz CT molecular complexity index is 668. The summed E-state index contributed by atoms with van der Waals surface area (Å²) in [4.78, 5) is 4.37. The molecule has 1 unspecified atom stereocenters. The van der Waals surface area contributed by atoms with Gasteiger partial charge in [0.15, 0.2) is 11.6 Å². The van der Waals surface area contributed by atoms with E-state index in [4.69, 9.17) is 4.52 Å². The van der Waals surface area contributed by atoms with Crippen molar-refractivity contribution in [2.75, 3.05) is 13.1 Å². The fourth-order valence-corrected chi connectivity index (χ4v) is 3.01. The Hall–Kier alpha value is -1.34. The Morgan fingerprint density at radius 1 is 1.38 bits per heavy atom. The number of hydrogen-bond donors (Lipinski definition) is 1. The van der Waals surface area contributed by atoms with Crippen LogP contribution in [0.3, 0.4) is 0 Å². The van der Waals surface area contributed by atoms with Gasteiger partial charge in [0, 0.05) is 12.1 Å². The second-order valence-electron chi connectivity index (χ2n) is 5.49. The van der Waals surface area contributed by atoms with Crippen LogP contribution in [0.25, 0.3) is 11.4 Å². The van der Waals surface area contributed by atoms with Crippen LogP contribution in [-0.4, -0.2) is 23.2 Å². The fourth-order valence-electron chi connectivity index (χ4n) is 2.52. The average Bonchev–Trinajstić information content (AvgIpc) is 2.96. The molecule has 0 saturated carbocycles. The molecule has 1 aromatic heterocycles. The number of benzene rings is 1. The van der Waals surface area contributed by atoms with Crippen molar-refractivity contribution in [1.29, 1.82) is 0 Å². The number of aromatic nitrogens is 2. The summed E-state index contributed by atoms with van der Waals surface area (Å²) in [6.07, 6.45) is 1.98. The highest BCUT2D eigenvalue weighted by atomic mass is 79.9. The van der Waals surface area contributed by atoms with Crippen molar-refractivity contribution < 1.29 is 13.3 Å². The summed E-state index contributed by atoms with van der Waals surface area (Å²) < 4.78 is 32.1. The first-order chi connectivity index (χ1) is 10.0. The molecule has 1 aliphatic rings. The van der Waals surface area contributed by atoms with Gasteiger partial charge >= 0.3 is 0 Å². The monoisotopic (exact) mass is 357 g/mol. The van der Waals surface area contributed by atoms with Crippen molar-refractivity contribution in [3.8, 4) is 11.4 Å². The highest BCUT2D eigenvalue weighted by Crippen LogP contribution is 2.33. The third-order valence-electron chi connectivity index (χ3n) is 3.82. The van der Waals surface area contributed by atoms with E-state index in [1.165, 1.54) is 6.07 Å². The van der Waals surface area contributed by atoms with Gasteiger partial charge in [-0.25, -0.2) is 8.78 Å². The SMILES string of the molecule is CC1(c2nc(-c3ccc(F)c(F)c3Br)no2)CCCNC1. The van der Waals surface area contributed by atoms with E-state index >= 15 is 0 Å². The Morgan fingerprint density at radius 2 is 2.19 bits per heavy atom. The van der Waals surface area contributed by atoms with Crippen molar-refractivity contribution in [2.24, 2.45) is 0 Å². The topological polar surface area (TPSA) is 51.0 Å². The van der Waals surface area contributed by atoms with Crippen molar-refractivity contribution in [1.82, 2.24) is 15.5 Å². The molecule has 112 valence electrons. The van der Waals surface area contributed by atoms with Crippen LogP contribution in [0, 0.1) is 11.6 Å². The largest absolute Gasteiger partial charge is 0.338 e. The van der Waals surface area contributed by atoms with E-state index in [-0.39, 0.29) is 15.7 Å². The lowest BCUT2D eigenvalue weighted by Gasteiger charge is -2.30. The standard InChI is InChI=1S/C14H14BrF2N3O/c1-14(5-2-6-18-7-14)13-19-12(20-21-13)8-3-4-9(16)11(17)10(8)15/h3-4,18H,2,5-7H2,1H3. The zero-order valence-electron chi connectivity index (χ0n) is 11.4. The molecule has 0 aliphatic carbocycles. The van der Waals surface area contributed by atoms with Crippen LogP contribution in [0.2, 0.25) is 0 Å². The number of piperidine rings is 1. The highest BCUT2D eigenvalue weighted by Gasteiger charge is 2.34. The fraction of sp³-hybridized carbons (Fsp3) is 0.429. The molecule has 7 heteroatoms. The maximum atomic E-state index is 13.6. The van der Waals surface area contributed by atoms with Gasteiger partial charge < -0.3 is 9.84 Å². The summed E-state index contributed by atoms with van der Waals surface area (Å²) >= 11 is 3.04. The van der Waals surface area contributed by atoms with Gasteiger partial charge in [-0.2, -0.15) is 4.98 Å². The van der Waals surface area contributed by atoms with E-state index < -0.39 is 11.6 Å². The van der Waals surface area contributed by atoms with Crippen LogP contribution in [0.4, 0.5) is 8.78 Å². The normalized spacial score (nSPS) is 22.5. The minimum atomic E-state index is -0.954. The first-order valence-corrected chi connectivity index (χ1v) is 7.49. The molecule has 0 radical (unpaired) electrons. The summed E-state index contributed by atoms with van der Waals surface area (Å²) in [7, 11) is 0. The Morgan fingerprint density at radius 3 is 2.90 bits per heavy atom. The van der Waals surface area contributed by atoms with Gasteiger partial charge in [0.2, 0.25) is 11.7 Å². The summed E-state index contributed by atoms with van der Waals surface area (Å²) in [5.74, 6) is -1.11. The van der Waals surface area contributed by atoms with E-state index in [9.17, 15) is 8.78 Å². The molecule has 4 nitrogen and oxygen atoms in total. The van der Waals surface area contributed by atoms with E-state index in [1.54, 1.807) is 0 Å². The predicted molar refractivity (Wildman–Crippen MR) is 76.8 cm³/mol. The number of nitrogens with one attached hydrogen (secondary N) is 1. The van der Waals surface area contributed by atoms with E-state index in [0.29, 0.717) is 11.5 Å². The van der Waals surface area contributed by atoms with Crippen LogP contribution in [-0.2, 0) is 5.41 Å². The molecular formula is C14H14BrF2N3O. The van der Waals surface area contributed by atoms with E-state index in [0.717, 1.165) is 32.0 Å². The molecule has 2 aromatic rings. The minimum Gasteiger partial charge on any atom is -0.338 e. The van der Waals surface area contributed by atoms with Gasteiger partial charge in [0.1, 0.15) is 0 Å². The zero-order chi connectivity index (χ0) is 15.0. The minimum absolute atomic E-state index is 0.00164. The molecule has 1 atom stereocenters. The van der Waals surface area contributed by atoms with Crippen LogP contribution >= 0.6 is 15.9 Å². The van der Waals surface area contributed by atoms with Crippen molar-refractivity contribution in [3.63, 3.8) is 0 Å². The van der Waals surface area contributed by atoms with Gasteiger partial charge in [0.25, 0.3) is 0 Å². The van der Waals surface area contributed by atoms with Crippen molar-refractivity contribution in [2.45, 2.75) is 25.2 Å². The van der Waals surface area contributed by atoms with Gasteiger partial charge in [-0.15, -0.1) is 0 Å². The Kier molecular flexibility index (Phi) is 3.79. The molecular weight excluding hydrogens is 344 g/mol. The molecule has 0 spiro atoms. The molecule has 1 saturated heterocycles. The third-order valence-corrected chi connectivity index (χ3v) is 4.59. The smallest absolute Gasteiger partial charge is 0.234 e. The molecule has 0 bridgehead atoms. The van der Waals surface area contributed by atoms with Gasteiger partial charge in [-0.1, -0.05) is 5.16 Å². The molecule has 1 fully saturated rings. The molecule has 1 aliphatic heterocycles. The van der Waals surface area contributed by atoms with E-state index in [1.807, 2.05) is 0 Å². The van der Waals surface area contributed by atoms with E-state index in [2.05, 4.69) is 38.3 Å². The first kappa shape index (κ1) is 14.6. The van der Waals surface area contributed by atoms with Crippen LogP contribution in [0.1, 0.15) is 25.7 Å². The lowest BCUT2D eigenvalue weighted by molar-refractivity contribution is 0.245. The van der Waals surface area contributed by atoms with Crippen LogP contribution in [0.5, 0.6) is 0 Å². The zero-order valence-corrected chi connectivity index (χ0v) is 13.0. The lowest BCUT2D eigenvalue weighted by Crippen LogP contribution is -2.41. The molecule has 2 heterocycles.